The molecule has 1 N–H and O–H groups in total. The number of benzene rings is 1. The van der Waals surface area contributed by atoms with Gasteiger partial charge in [0.05, 0.1) is 18.2 Å². The maximum absolute atomic E-state index is 12.3. The predicted octanol–water partition coefficient (Wildman–Crippen LogP) is 2.12. The van der Waals surface area contributed by atoms with E-state index in [1.807, 2.05) is 31.2 Å². The summed E-state index contributed by atoms with van der Waals surface area (Å²) in [5, 5.41) is 3.69. The zero-order valence-corrected chi connectivity index (χ0v) is 16.8. The Morgan fingerprint density at radius 1 is 1.31 bits per heavy atom. The summed E-state index contributed by atoms with van der Waals surface area (Å²) >= 11 is 0. The van der Waals surface area contributed by atoms with Crippen molar-refractivity contribution in [1.82, 2.24) is 14.5 Å². The number of nitrogens with zero attached hydrogens (tertiary/aromatic N) is 2. The number of aryl methyl sites for hydroxylation is 1. The van der Waals surface area contributed by atoms with Crippen molar-refractivity contribution < 1.29 is 13.9 Å². The third kappa shape index (κ3) is 4.16. The molecule has 1 aromatic carbocycles. The summed E-state index contributed by atoms with van der Waals surface area (Å²) in [5.74, 6) is 0.853. The van der Waals surface area contributed by atoms with Crippen LogP contribution in [0.1, 0.15) is 31.2 Å². The van der Waals surface area contributed by atoms with Gasteiger partial charge in [0.15, 0.2) is 11.3 Å². The molecule has 2 aromatic heterocycles. The van der Waals surface area contributed by atoms with Crippen LogP contribution in [0.5, 0.6) is 5.75 Å². The number of para-hydroxylation sites is 1. The molecule has 0 saturated carbocycles. The number of ether oxygens (including phenoxy) is 1. The first-order valence-corrected chi connectivity index (χ1v) is 9.22. The van der Waals surface area contributed by atoms with Crippen LogP contribution in [0.2, 0.25) is 0 Å². The molecule has 1 atom stereocenters. The first kappa shape index (κ1) is 20.2. The SMILES string of the molecule is CCOc1cccc2cc(C(C)NC(=O)/C=C/c3cn(C)c(=O)n(C)c3=O)oc12. The van der Waals surface area contributed by atoms with Crippen molar-refractivity contribution in [2.45, 2.75) is 19.9 Å². The summed E-state index contributed by atoms with van der Waals surface area (Å²) in [4.78, 5) is 36.1. The van der Waals surface area contributed by atoms with Gasteiger partial charge in [-0.2, -0.15) is 0 Å². The number of carbonyl (C=O) groups excluding carboxylic acids is 1. The molecule has 0 spiro atoms. The predicted molar refractivity (Wildman–Crippen MR) is 110 cm³/mol. The third-order valence-corrected chi connectivity index (χ3v) is 4.50. The number of fused-ring (bicyclic) bond motifs is 1. The molecule has 0 fully saturated rings. The summed E-state index contributed by atoms with van der Waals surface area (Å²) in [7, 11) is 2.93. The quantitative estimate of drug-likeness (QED) is 0.643. The van der Waals surface area contributed by atoms with E-state index in [1.54, 1.807) is 14.0 Å². The second-order valence-corrected chi connectivity index (χ2v) is 6.66. The molecule has 0 aliphatic rings. The normalized spacial score (nSPS) is 12.4. The minimum Gasteiger partial charge on any atom is -0.490 e. The maximum Gasteiger partial charge on any atom is 0.330 e. The standard InChI is InChI=1S/C21H23N3O5/c1-5-28-16-8-6-7-14-11-17(29-19(14)16)13(2)22-18(25)10-9-15-12-23(3)21(27)24(4)20(15)26/h6-13H,5H2,1-4H3,(H,22,25)/b10-9+. The summed E-state index contributed by atoms with van der Waals surface area (Å²) < 4.78 is 13.7. The van der Waals surface area contributed by atoms with Crippen molar-refractivity contribution in [2.75, 3.05) is 6.61 Å². The maximum atomic E-state index is 12.3. The Labute approximate surface area is 167 Å². The number of amides is 1. The molecule has 3 aromatic rings. The Kier molecular flexibility index (Phi) is 5.72. The van der Waals surface area contributed by atoms with E-state index >= 15 is 0 Å². The largest absolute Gasteiger partial charge is 0.490 e. The van der Waals surface area contributed by atoms with Gasteiger partial charge >= 0.3 is 5.69 Å². The van der Waals surface area contributed by atoms with Crippen LogP contribution >= 0.6 is 0 Å². The average molecular weight is 397 g/mol. The number of hydrogen-bond acceptors (Lipinski definition) is 5. The van der Waals surface area contributed by atoms with Crippen LogP contribution in [0.15, 0.2) is 50.5 Å². The summed E-state index contributed by atoms with van der Waals surface area (Å²) in [6.07, 6.45) is 4.04. The van der Waals surface area contributed by atoms with Crippen molar-refractivity contribution in [3.8, 4) is 5.75 Å². The molecule has 0 aliphatic carbocycles. The fraction of sp³-hybridized carbons (Fsp3) is 0.286. The Bertz CT molecular complexity index is 1200. The van der Waals surface area contributed by atoms with Crippen LogP contribution in [-0.2, 0) is 18.9 Å². The number of furan rings is 1. The van der Waals surface area contributed by atoms with Gasteiger partial charge in [-0.15, -0.1) is 0 Å². The lowest BCUT2D eigenvalue weighted by atomic mass is 10.2. The molecule has 0 saturated heterocycles. The van der Waals surface area contributed by atoms with Crippen molar-refractivity contribution in [3.05, 3.63) is 68.7 Å². The van der Waals surface area contributed by atoms with Gasteiger partial charge in [0.25, 0.3) is 5.56 Å². The number of nitrogens with one attached hydrogen (secondary N) is 1. The van der Waals surface area contributed by atoms with Gasteiger partial charge in [-0.1, -0.05) is 12.1 Å². The molecule has 0 bridgehead atoms. The van der Waals surface area contributed by atoms with Crippen LogP contribution in [-0.4, -0.2) is 21.6 Å². The fourth-order valence-corrected chi connectivity index (χ4v) is 2.99. The first-order valence-electron chi connectivity index (χ1n) is 9.22. The summed E-state index contributed by atoms with van der Waals surface area (Å²) in [6, 6.07) is 7.09. The highest BCUT2D eigenvalue weighted by Gasteiger charge is 2.15. The van der Waals surface area contributed by atoms with E-state index in [2.05, 4.69) is 5.32 Å². The highest BCUT2D eigenvalue weighted by molar-refractivity contribution is 5.92. The van der Waals surface area contributed by atoms with E-state index in [-0.39, 0.29) is 11.5 Å². The van der Waals surface area contributed by atoms with Gasteiger partial charge in [0.2, 0.25) is 5.91 Å². The van der Waals surface area contributed by atoms with E-state index in [9.17, 15) is 14.4 Å². The molecule has 0 aliphatic heterocycles. The van der Waals surface area contributed by atoms with Crippen LogP contribution in [0, 0.1) is 0 Å². The second-order valence-electron chi connectivity index (χ2n) is 6.66. The first-order chi connectivity index (χ1) is 13.8. The fourth-order valence-electron chi connectivity index (χ4n) is 2.99. The third-order valence-electron chi connectivity index (χ3n) is 4.50. The van der Waals surface area contributed by atoms with Crippen molar-refractivity contribution in [1.29, 1.82) is 0 Å². The Balaban J connectivity index is 1.77. The van der Waals surface area contributed by atoms with Crippen LogP contribution < -0.4 is 21.3 Å². The number of rotatable bonds is 6. The molecular formula is C21H23N3O5. The summed E-state index contributed by atoms with van der Waals surface area (Å²) in [5.41, 5.74) is -0.0235. The van der Waals surface area contributed by atoms with E-state index in [0.717, 1.165) is 9.95 Å². The van der Waals surface area contributed by atoms with Crippen LogP contribution in [0.25, 0.3) is 17.0 Å². The average Bonchev–Trinajstić information content (AvgIpc) is 3.14. The topological polar surface area (TPSA) is 95.5 Å². The minimum atomic E-state index is -0.467. The van der Waals surface area contributed by atoms with E-state index in [1.165, 1.54) is 30.0 Å². The lowest BCUT2D eigenvalue weighted by molar-refractivity contribution is -0.117. The molecule has 1 unspecified atom stereocenters. The molecule has 3 rings (SSSR count). The molecule has 1 amide bonds. The molecule has 152 valence electrons. The van der Waals surface area contributed by atoms with Gasteiger partial charge < -0.3 is 19.0 Å². The Morgan fingerprint density at radius 2 is 2.07 bits per heavy atom. The zero-order valence-electron chi connectivity index (χ0n) is 16.8. The Hall–Kier alpha value is -3.55. The zero-order chi connectivity index (χ0) is 21.1. The monoisotopic (exact) mass is 397 g/mol. The lowest BCUT2D eigenvalue weighted by Crippen LogP contribution is -2.37. The van der Waals surface area contributed by atoms with Crippen LogP contribution in [0.3, 0.4) is 0 Å². The minimum absolute atomic E-state index is 0.238. The van der Waals surface area contributed by atoms with Gasteiger partial charge in [-0.05, 0) is 32.1 Å². The molecule has 8 heteroatoms. The molecular weight excluding hydrogens is 374 g/mol. The second kappa shape index (κ2) is 8.22. The highest BCUT2D eigenvalue weighted by atomic mass is 16.5. The number of carbonyl (C=O) groups is 1. The molecule has 2 heterocycles. The molecule has 29 heavy (non-hydrogen) atoms. The number of hydrogen-bond donors (Lipinski definition) is 1. The van der Waals surface area contributed by atoms with Gasteiger partial charge in [0, 0.05) is 31.8 Å². The van der Waals surface area contributed by atoms with Crippen molar-refractivity contribution in [3.63, 3.8) is 0 Å². The molecule has 0 radical (unpaired) electrons. The van der Waals surface area contributed by atoms with Gasteiger partial charge in [0.1, 0.15) is 5.76 Å². The number of aromatic nitrogens is 2. The van der Waals surface area contributed by atoms with Crippen molar-refractivity contribution in [2.24, 2.45) is 14.1 Å². The highest BCUT2D eigenvalue weighted by Crippen LogP contribution is 2.31. The van der Waals surface area contributed by atoms with E-state index in [4.69, 9.17) is 9.15 Å². The van der Waals surface area contributed by atoms with Crippen LogP contribution in [0.4, 0.5) is 0 Å². The summed E-state index contributed by atoms with van der Waals surface area (Å²) in [6.45, 7) is 4.22. The molecule has 8 nitrogen and oxygen atoms in total. The lowest BCUT2D eigenvalue weighted by Gasteiger charge is -2.09. The van der Waals surface area contributed by atoms with E-state index < -0.39 is 17.3 Å². The van der Waals surface area contributed by atoms with Crippen molar-refractivity contribution >= 4 is 23.0 Å². The van der Waals surface area contributed by atoms with E-state index in [0.29, 0.717) is 23.7 Å². The van der Waals surface area contributed by atoms with Gasteiger partial charge in [-0.25, -0.2) is 4.79 Å². The van der Waals surface area contributed by atoms with Gasteiger partial charge in [-0.3, -0.25) is 14.2 Å². The smallest absolute Gasteiger partial charge is 0.330 e. The Morgan fingerprint density at radius 3 is 2.79 bits per heavy atom.